The Bertz CT molecular complexity index is 535. The van der Waals surface area contributed by atoms with Crippen LogP contribution in [0.15, 0.2) is 27.7 Å². The maximum Gasteiger partial charge on any atom is 0.224 e. The summed E-state index contributed by atoms with van der Waals surface area (Å²) in [7, 11) is 0. The molecule has 0 heterocycles. The number of hydrazine groups is 1. The van der Waals surface area contributed by atoms with Gasteiger partial charge in [-0.05, 0) is 50.1 Å². The van der Waals surface area contributed by atoms with Crippen LogP contribution in [0.5, 0.6) is 11.5 Å². The molecule has 0 aromatic heterocycles. The number of nitrogens with one attached hydrogen (secondary N) is 3. The number of phenolic OH excluding ortho intramolecular Hbond substituents is 2. The Morgan fingerprint density at radius 1 is 1.42 bits per heavy atom. The molecule has 0 bridgehead atoms. The standard InChI is InChI=1S/C11H11Br2N3O2S/c1-2-3-14-11(19)16-15-5-6-4-7(12)10(18)8(13)9(6)17/h2,4-5,17-18H,1,3H2,(H2,14,16,19)/p+1. The van der Waals surface area contributed by atoms with E-state index in [0.717, 1.165) is 0 Å². The molecule has 0 aliphatic heterocycles. The minimum absolute atomic E-state index is 0.0641. The van der Waals surface area contributed by atoms with Gasteiger partial charge in [0.25, 0.3) is 0 Å². The Hall–Kier alpha value is -1.12. The van der Waals surface area contributed by atoms with Gasteiger partial charge in [-0.25, -0.2) is 0 Å². The van der Waals surface area contributed by atoms with Crippen molar-refractivity contribution in [1.29, 1.82) is 0 Å². The van der Waals surface area contributed by atoms with Crippen molar-refractivity contribution in [3.63, 3.8) is 0 Å². The SMILES string of the molecule is C=CCNC(=S)N[NH+]=Cc1cc(Br)c(O)c(Br)c1O. The Labute approximate surface area is 132 Å². The van der Waals surface area contributed by atoms with Gasteiger partial charge >= 0.3 is 0 Å². The molecular weight excluding hydrogens is 398 g/mol. The van der Waals surface area contributed by atoms with Crippen molar-refractivity contribution >= 4 is 55.4 Å². The van der Waals surface area contributed by atoms with Gasteiger partial charge in [0.1, 0.15) is 16.0 Å². The summed E-state index contributed by atoms with van der Waals surface area (Å²) in [5.41, 5.74) is 3.18. The molecule has 8 heteroatoms. The van der Waals surface area contributed by atoms with Crippen LogP contribution in [-0.2, 0) is 0 Å². The van der Waals surface area contributed by atoms with Crippen molar-refractivity contribution in [1.82, 2.24) is 10.7 Å². The highest BCUT2D eigenvalue weighted by Gasteiger charge is 2.14. The molecule has 0 aliphatic carbocycles. The first kappa shape index (κ1) is 15.9. The third-order valence-electron chi connectivity index (χ3n) is 2.02. The molecule has 0 saturated carbocycles. The number of halogens is 2. The first-order chi connectivity index (χ1) is 8.97. The molecule has 0 unspecified atom stereocenters. The van der Waals surface area contributed by atoms with E-state index >= 15 is 0 Å². The van der Waals surface area contributed by atoms with E-state index in [0.29, 0.717) is 21.7 Å². The quantitative estimate of drug-likeness (QED) is 0.219. The fourth-order valence-electron chi connectivity index (χ4n) is 1.12. The monoisotopic (exact) mass is 408 g/mol. The molecule has 0 amide bonds. The molecule has 1 aromatic carbocycles. The fraction of sp³-hybridized carbons (Fsp3) is 0.0909. The van der Waals surface area contributed by atoms with Gasteiger partial charge in [-0.3, -0.25) is 0 Å². The number of phenols is 2. The molecule has 1 aromatic rings. The summed E-state index contributed by atoms with van der Waals surface area (Å²) in [6.07, 6.45) is 3.18. The number of benzene rings is 1. The second-order valence-electron chi connectivity index (χ2n) is 3.37. The predicted octanol–water partition coefficient (Wildman–Crippen LogP) is 0.687. The molecule has 1 rings (SSSR count). The Morgan fingerprint density at radius 3 is 2.74 bits per heavy atom. The maximum absolute atomic E-state index is 9.82. The second-order valence-corrected chi connectivity index (χ2v) is 5.43. The molecule has 5 nitrogen and oxygen atoms in total. The summed E-state index contributed by atoms with van der Waals surface area (Å²) in [6, 6.07) is 1.56. The smallest absolute Gasteiger partial charge is 0.224 e. The third-order valence-corrected chi connectivity index (χ3v) is 3.62. The van der Waals surface area contributed by atoms with E-state index in [1.165, 1.54) is 6.21 Å². The van der Waals surface area contributed by atoms with Gasteiger partial charge in [0.2, 0.25) is 11.3 Å². The van der Waals surface area contributed by atoms with Crippen LogP contribution in [0.4, 0.5) is 0 Å². The van der Waals surface area contributed by atoms with Crippen LogP contribution >= 0.6 is 44.1 Å². The highest BCUT2D eigenvalue weighted by atomic mass is 79.9. The van der Waals surface area contributed by atoms with Crippen LogP contribution in [0, 0.1) is 0 Å². The van der Waals surface area contributed by atoms with Crippen molar-refractivity contribution in [2.45, 2.75) is 0 Å². The number of hydrazone groups is 1. The Balaban J connectivity index is 2.77. The van der Waals surface area contributed by atoms with E-state index < -0.39 is 0 Å². The van der Waals surface area contributed by atoms with Crippen LogP contribution in [0.1, 0.15) is 5.56 Å². The zero-order valence-corrected chi connectivity index (χ0v) is 13.7. The lowest BCUT2D eigenvalue weighted by atomic mass is 10.2. The van der Waals surface area contributed by atoms with E-state index in [1.807, 2.05) is 0 Å². The first-order valence-electron chi connectivity index (χ1n) is 5.10. The van der Waals surface area contributed by atoms with Gasteiger partial charge in [0.15, 0.2) is 0 Å². The minimum Gasteiger partial charge on any atom is -0.506 e. The number of hydrogen-bond acceptors (Lipinski definition) is 3. The summed E-state index contributed by atoms with van der Waals surface area (Å²) >= 11 is 11.2. The van der Waals surface area contributed by atoms with Crippen molar-refractivity contribution in [2.24, 2.45) is 0 Å². The van der Waals surface area contributed by atoms with Gasteiger partial charge < -0.3 is 15.5 Å². The Morgan fingerprint density at radius 2 is 2.11 bits per heavy atom. The van der Waals surface area contributed by atoms with Crippen LogP contribution in [0.25, 0.3) is 0 Å². The van der Waals surface area contributed by atoms with E-state index in [2.05, 4.69) is 54.3 Å². The molecule has 102 valence electrons. The third kappa shape index (κ3) is 4.48. The van der Waals surface area contributed by atoms with Gasteiger partial charge in [0.05, 0.1) is 10.0 Å². The van der Waals surface area contributed by atoms with E-state index in [4.69, 9.17) is 12.2 Å². The molecule has 0 fully saturated rings. The number of thiocarbonyl (C=S) groups is 1. The predicted molar refractivity (Wildman–Crippen MR) is 85.2 cm³/mol. The van der Waals surface area contributed by atoms with Gasteiger partial charge in [-0.15, -0.1) is 17.1 Å². The van der Waals surface area contributed by atoms with Crippen molar-refractivity contribution in [3.05, 3.63) is 33.2 Å². The minimum atomic E-state index is -0.0834. The van der Waals surface area contributed by atoms with Crippen LogP contribution < -0.4 is 15.8 Å². The van der Waals surface area contributed by atoms with E-state index in [-0.39, 0.29) is 16.0 Å². The lowest BCUT2D eigenvalue weighted by molar-refractivity contribution is -0.500. The fourth-order valence-corrected chi connectivity index (χ4v) is 2.41. The Kier molecular flexibility index (Phi) is 6.26. The van der Waals surface area contributed by atoms with E-state index in [9.17, 15) is 10.2 Å². The lowest BCUT2D eigenvalue weighted by Gasteiger charge is -2.04. The number of aromatic hydroxyl groups is 2. The number of rotatable bonds is 4. The van der Waals surface area contributed by atoms with Crippen molar-refractivity contribution in [2.75, 3.05) is 6.54 Å². The molecule has 0 saturated heterocycles. The normalized spacial score (nSPS) is 10.4. The average molecular weight is 410 g/mol. The zero-order valence-electron chi connectivity index (χ0n) is 9.70. The molecule has 0 aliphatic rings. The maximum atomic E-state index is 9.82. The molecule has 0 spiro atoms. The highest BCUT2D eigenvalue weighted by molar-refractivity contribution is 9.11. The van der Waals surface area contributed by atoms with Crippen LogP contribution in [0.2, 0.25) is 0 Å². The topological polar surface area (TPSA) is 78.5 Å². The number of hydrogen-bond donors (Lipinski definition) is 5. The molecular formula is C11H12Br2N3O2S+. The van der Waals surface area contributed by atoms with Gasteiger partial charge in [0, 0.05) is 6.54 Å². The summed E-state index contributed by atoms with van der Waals surface area (Å²) in [5, 5.41) is 25.4. The highest BCUT2D eigenvalue weighted by Crippen LogP contribution is 2.40. The summed E-state index contributed by atoms with van der Waals surface area (Å²) in [5.74, 6) is -0.147. The van der Waals surface area contributed by atoms with Gasteiger partial charge in [-0.1, -0.05) is 6.08 Å². The summed E-state index contributed by atoms with van der Waals surface area (Å²) in [6.45, 7) is 4.11. The molecule has 5 N–H and O–H groups in total. The summed E-state index contributed by atoms with van der Waals surface area (Å²) < 4.78 is 0.667. The lowest BCUT2D eigenvalue weighted by Crippen LogP contribution is -2.82. The van der Waals surface area contributed by atoms with Crippen LogP contribution in [-0.4, -0.2) is 28.1 Å². The average Bonchev–Trinajstić information content (AvgIpc) is 2.39. The largest absolute Gasteiger partial charge is 0.506 e. The van der Waals surface area contributed by atoms with Crippen molar-refractivity contribution in [3.8, 4) is 11.5 Å². The zero-order chi connectivity index (χ0) is 14.4. The summed E-state index contributed by atoms with van der Waals surface area (Å²) in [4.78, 5) is 0. The van der Waals surface area contributed by atoms with Gasteiger partial charge in [-0.2, -0.15) is 0 Å². The van der Waals surface area contributed by atoms with Crippen LogP contribution in [0.3, 0.4) is 0 Å². The van der Waals surface area contributed by atoms with Crippen molar-refractivity contribution < 1.29 is 15.3 Å². The molecule has 0 atom stereocenters. The molecule has 0 radical (unpaired) electrons. The second kappa shape index (κ2) is 7.46. The molecule has 19 heavy (non-hydrogen) atoms. The van der Waals surface area contributed by atoms with E-state index in [1.54, 1.807) is 12.1 Å². The first-order valence-corrected chi connectivity index (χ1v) is 7.10.